The number of hydrogen-bond acceptors (Lipinski definition) is 5. The van der Waals surface area contributed by atoms with Gasteiger partial charge in [-0.25, -0.2) is 4.68 Å². The molecule has 0 aliphatic heterocycles. The second-order valence-electron chi connectivity index (χ2n) is 5.24. The van der Waals surface area contributed by atoms with E-state index in [1.54, 1.807) is 4.68 Å². The monoisotopic (exact) mass is 275 g/mol. The van der Waals surface area contributed by atoms with Crippen molar-refractivity contribution in [3.8, 4) is 0 Å². The van der Waals surface area contributed by atoms with E-state index in [1.165, 1.54) is 6.92 Å². The van der Waals surface area contributed by atoms with Gasteiger partial charge in [-0.05, 0) is 25.0 Å². The molecule has 20 heavy (non-hydrogen) atoms. The first kappa shape index (κ1) is 13.1. The maximum atomic E-state index is 10.9. The molecule has 1 fully saturated rings. The molecule has 6 nitrogen and oxygen atoms in total. The third kappa shape index (κ3) is 2.27. The van der Waals surface area contributed by atoms with Crippen LogP contribution in [0.5, 0.6) is 0 Å². The molecule has 0 spiro atoms. The van der Waals surface area contributed by atoms with Gasteiger partial charge in [0.2, 0.25) is 0 Å². The Hall–Kier alpha value is -1.95. The predicted octanol–water partition coefficient (Wildman–Crippen LogP) is 1.51. The largest absolute Gasteiger partial charge is 0.466 e. The van der Waals surface area contributed by atoms with Gasteiger partial charge in [0.15, 0.2) is 6.23 Å². The van der Waals surface area contributed by atoms with Crippen molar-refractivity contribution in [2.45, 2.75) is 26.0 Å². The highest BCUT2D eigenvalue weighted by Crippen LogP contribution is 2.41. The lowest BCUT2D eigenvalue weighted by molar-refractivity contribution is -0.147. The number of benzene rings is 1. The van der Waals surface area contributed by atoms with Gasteiger partial charge >= 0.3 is 5.97 Å². The fraction of sp³-hybridized carbons (Fsp3) is 0.500. The van der Waals surface area contributed by atoms with E-state index in [2.05, 4.69) is 10.3 Å². The third-order valence-corrected chi connectivity index (χ3v) is 3.99. The van der Waals surface area contributed by atoms with Crippen LogP contribution < -0.4 is 0 Å². The highest BCUT2D eigenvalue weighted by Gasteiger charge is 2.38. The van der Waals surface area contributed by atoms with E-state index < -0.39 is 6.23 Å². The number of para-hydroxylation sites is 1. The number of carbonyl (C=O) groups excluding carboxylic acids is 1. The second kappa shape index (κ2) is 5.20. The molecule has 1 aliphatic rings. The fourth-order valence-electron chi connectivity index (χ4n) is 2.68. The Bertz CT molecular complexity index is 625. The Kier molecular flexibility index (Phi) is 3.40. The van der Waals surface area contributed by atoms with E-state index in [1.807, 2.05) is 24.3 Å². The first-order valence-corrected chi connectivity index (χ1v) is 6.78. The lowest BCUT2D eigenvalue weighted by Gasteiger charge is -2.38. The number of aromatic nitrogens is 3. The molecule has 6 heteroatoms. The van der Waals surface area contributed by atoms with Crippen LogP contribution in [0.2, 0.25) is 0 Å². The smallest absolute Gasteiger partial charge is 0.302 e. The molecular formula is C14H17N3O3. The average Bonchev–Trinajstić information content (AvgIpc) is 2.81. The minimum atomic E-state index is -0.725. The Morgan fingerprint density at radius 3 is 3.00 bits per heavy atom. The first-order valence-electron chi connectivity index (χ1n) is 6.78. The Morgan fingerprint density at radius 1 is 1.50 bits per heavy atom. The summed E-state index contributed by atoms with van der Waals surface area (Å²) in [6.45, 7) is 1.76. The van der Waals surface area contributed by atoms with E-state index in [4.69, 9.17) is 4.74 Å². The number of hydrogen-bond donors (Lipinski definition) is 1. The number of esters is 1. The molecule has 1 saturated carbocycles. The molecule has 2 aromatic rings. The summed E-state index contributed by atoms with van der Waals surface area (Å²) in [4.78, 5) is 10.9. The zero-order valence-corrected chi connectivity index (χ0v) is 11.3. The SMILES string of the molecule is CC(=O)OC[C@@H]1CC[C@H]1[C@@H](O)n1nnc2ccccc21. The molecule has 1 aromatic carbocycles. The van der Waals surface area contributed by atoms with E-state index >= 15 is 0 Å². The molecule has 0 unspecified atom stereocenters. The number of nitrogens with zero attached hydrogens (tertiary/aromatic N) is 3. The van der Waals surface area contributed by atoms with Gasteiger partial charge in [0.1, 0.15) is 5.52 Å². The van der Waals surface area contributed by atoms with Gasteiger partial charge < -0.3 is 9.84 Å². The van der Waals surface area contributed by atoms with Crippen LogP contribution in [-0.4, -0.2) is 32.7 Å². The standard InChI is InChI=1S/C14H17N3O3/c1-9(18)20-8-10-6-7-11(10)14(19)17-13-5-3-2-4-12(13)15-16-17/h2-5,10-11,14,19H,6-8H2,1H3/t10-,11+,14+/m0/s1. The minimum Gasteiger partial charge on any atom is -0.466 e. The molecular weight excluding hydrogens is 258 g/mol. The third-order valence-electron chi connectivity index (χ3n) is 3.99. The van der Waals surface area contributed by atoms with Crippen LogP contribution in [0.25, 0.3) is 11.0 Å². The van der Waals surface area contributed by atoms with Gasteiger partial charge in [0.05, 0.1) is 12.1 Å². The molecule has 1 aliphatic carbocycles. The van der Waals surface area contributed by atoms with E-state index in [9.17, 15) is 9.90 Å². The van der Waals surface area contributed by atoms with E-state index in [0.29, 0.717) is 6.61 Å². The zero-order chi connectivity index (χ0) is 14.1. The molecule has 1 N–H and O–H groups in total. The van der Waals surface area contributed by atoms with Crippen LogP contribution >= 0.6 is 0 Å². The molecule has 0 bridgehead atoms. The number of fused-ring (bicyclic) bond motifs is 1. The molecule has 0 saturated heterocycles. The van der Waals surface area contributed by atoms with Crippen LogP contribution in [0.1, 0.15) is 26.0 Å². The maximum absolute atomic E-state index is 10.9. The lowest BCUT2D eigenvalue weighted by atomic mass is 9.73. The van der Waals surface area contributed by atoms with Gasteiger partial charge in [-0.15, -0.1) is 5.10 Å². The molecule has 1 aromatic heterocycles. The summed E-state index contributed by atoms with van der Waals surface area (Å²) in [5, 5.41) is 18.6. The summed E-state index contributed by atoms with van der Waals surface area (Å²) in [5.41, 5.74) is 1.58. The number of rotatable bonds is 4. The van der Waals surface area contributed by atoms with Crippen molar-refractivity contribution in [2.75, 3.05) is 6.61 Å². The van der Waals surface area contributed by atoms with E-state index in [-0.39, 0.29) is 17.8 Å². The lowest BCUT2D eigenvalue weighted by Crippen LogP contribution is -2.37. The number of carbonyl (C=O) groups is 1. The molecule has 1 heterocycles. The van der Waals surface area contributed by atoms with Gasteiger partial charge in [-0.2, -0.15) is 0 Å². The zero-order valence-electron chi connectivity index (χ0n) is 11.3. The second-order valence-corrected chi connectivity index (χ2v) is 5.24. The number of ether oxygens (including phenoxy) is 1. The van der Waals surface area contributed by atoms with Gasteiger partial charge in [-0.1, -0.05) is 17.3 Å². The van der Waals surface area contributed by atoms with Crippen molar-refractivity contribution in [3.05, 3.63) is 24.3 Å². The van der Waals surface area contributed by atoms with Crippen molar-refractivity contribution in [2.24, 2.45) is 11.8 Å². The Morgan fingerprint density at radius 2 is 2.30 bits per heavy atom. The Labute approximate surface area is 116 Å². The van der Waals surface area contributed by atoms with E-state index in [0.717, 1.165) is 23.9 Å². The first-order chi connectivity index (χ1) is 9.66. The van der Waals surface area contributed by atoms with Crippen LogP contribution in [0, 0.1) is 11.8 Å². The minimum absolute atomic E-state index is 0.0551. The van der Waals surface area contributed by atoms with Crippen LogP contribution in [0.15, 0.2) is 24.3 Å². The number of aliphatic hydroxyl groups excluding tert-OH is 1. The normalized spacial score (nSPS) is 23.3. The number of aliphatic hydroxyl groups is 1. The predicted molar refractivity (Wildman–Crippen MR) is 71.6 cm³/mol. The summed E-state index contributed by atoms with van der Waals surface area (Å²) in [6.07, 6.45) is 1.14. The quantitative estimate of drug-likeness (QED) is 0.856. The van der Waals surface area contributed by atoms with Crippen LogP contribution in [0.4, 0.5) is 0 Å². The summed E-state index contributed by atoms with van der Waals surface area (Å²) in [5.74, 6) is -0.0346. The average molecular weight is 275 g/mol. The summed E-state index contributed by atoms with van der Waals surface area (Å²) in [6, 6.07) is 7.54. The summed E-state index contributed by atoms with van der Waals surface area (Å²) in [7, 11) is 0. The van der Waals surface area contributed by atoms with Crippen LogP contribution in [-0.2, 0) is 9.53 Å². The molecule has 0 radical (unpaired) electrons. The molecule has 3 atom stereocenters. The van der Waals surface area contributed by atoms with Gasteiger partial charge in [0.25, 0.3) is 0 Å². The van der Waals surface area contributed by atoms with Crippen molar-refractivity contribution in [3.63, 3.8) is 0 Å². The Balaban J connectivity index is 1.75. The maximum Gasteiger partial charge on any atom is 0.302 e. The topological polar surface area (TPSA) is 77.2 Å². The molecule has 3 rings (SSSR count). The fourth-order valence-corrected chi connectivity index (χ4v) is 2.68. The molecule has 0 amide bonds. The van der Waals surface area contributed by atoms with Crippen molar-refractivity contribution >= 4 is 17.0 Å². The van der Waals surface area contributed by atoms with Crippen LogP contribution in [0.3, 0.4) is 0 Å². The highest BCUT2D eigenvalue weighted by molar-refractivity contribution is 5.73. The summed E-state index contributed by atoms with van der Waals surface area (Å²) < 4.78 is 6.59. The van der Waals surface area contributed by atoms with Crippen molar-refractivity contribution in [1.82, 2.24) is 15.0 Å². The molecule has 106 valence electrons. The summed E-state index contributed by atoms with van der Waals surface area (Å²) >= 11 is 0. The highest BCUT2D eigenvalue weighted by atomic mass is 16.5. The van der Waals surface area contributed by atoms with Crippen molar-refractivity contribution in [1.29, 1.82) is 0 Å². The van der Waals surface area contributed by atoms with Gasteiger partial charge in [-0.3, -0.25) is 4.79 Å². The van der Waals surface area contributed by atoms with Crippen molar-refractivity contribution < 1.29 is 14.6 Å². The van der Waals surface area contributed by atoms with Gasteiger partial charge in [0, 0.05) is 18.8 Å².